The van der Waals surface area contributed by atoms with Gasteiger partial charge in [0.2, 0.25) is 0 Å². The topological polar surface area (TPSA) is 24.5 Å². The number of halogens is 1. The third kappa shape index (κ3) is 3.39. The molecule has 0 radical (unpaired) electrons. The average molecular weight is 313 g/mol. The Hall–Kier alpha value is -0.740. The highest BCUT2D eigenvalue weighted by Crippen LogP contribution is 2.28. The molecule has 0 amide bonds. The lowest BCUT2D eigenvalue weighted by molar-refractivity contribution is 0.411. The van der Waals surface area contributed by atoms with Crippen LogP contribution >= 0.6 is 15.9 Å². The van der Waals surface area contributed by atoms with E-state index >= 15 is 0 Å². The van der Waals surface area contributed by atoms with Crippen LogP contribution in [-0.4, -0.2) is 32.8 Å². The van der Waals surface area contributed by atoms with Gasteiger partial charge in [0.15, 0.2) is 0 Å². The zero-order valence-corrected chi connectivity index (χ0v) is 12.7. The predicted octanol–water partition coefficient (Wildman–Crippen LogP) is 3.04. The van der Waals surface area contributed by atoms with Gasteiger partial charge in [0.25, 0.3) is 0 Å². The summed E-state index contributed by atoms with van der Waals surface area (Å²) >= 11 is 3.54. The third-order valence-corrected chi connectivity index (χ3v) is 3.90. The van der Waals surface area contributed by atoms with Gasteiger partial charge in [-0.25, -0.2) is 0 Å². The Labute approximate surface area is 118 Å². The summed E-state index contributed by atoms with van der Waals surface area (Å²) in [5.74, 6) is 0.910. The fourth-order valence-corrected chi connectivity index (χ4v) is 2.94. The van der Waals surface area contributed by atoms with Crippen LogP contribution in [0.3, 0.4) is 0 Å². The third-order valence-electron chi connectivity index (χ3n) is 3.44. The number of benzene rings is 1. The fourth-order valence-electron chi connectivity index (χ4n) is 2.48. The summed E-state index contributed by atoms with van der Waals surface area (Å²) in [6.45, 7) is 5.45. The van der Waals surface area contributed by atoms with Crippen molar-refractivity contribution in [2.45, 2.75) is 25.8 Å². The summed E-state index contributed by atoms with van der Waals surface area (Å²) in [7, 11) is 1.71. The Morgan fingerprint density at radius 2 is 2.06 bits per heavy atom. The van der Waals surface area contributed by atoms with Crippen LogP contribution in [0.2, 0.25) is 0 Å². The summed E-state index contributed by atoms with van der Waals surface area (Å²) in [5, 5.41) is 3.53. The first-order chi connectivity index (χ1) is 8.72. The van der Waals surface area contributed by atoms with E-state index in [4.69, 9.17) is 4.74 Å². The number of ether oxygens (including phenoxy) is 1. The van der Waals surface area contributed by atoms with Crippen molar-refractivity contribution in [3.8, 4) is 5.75 Å². The Bertz CT molecular complexity index is 389. The smallest absolute Gasteiger partial charge is 0.122 e. The zero-order valence-electron chi connectivity index (χ0n) is 11.1. The molecule has 4 heteroatoms. The first-order valence-corrected chi connectivity index (χ1v) is 7.35. The first kappa shape index (κ1) is 13.7. The molecule has 1 heterocycles. The van der Waals surface area contributed by atoms with E-state index in [2.05, 4.69) is 45.2 Å². The maximum absolute atomic E-state index is 5.32. The molecule has 0 aliphatic carbocycles. The molecule has 1 aliphatic rings. The van der Waals surface area contributed by atoms with Gasteiger partial charge in [-0.15, -0.1) is 0 Å². The van der Waals surface area contributed by atoms with Crippen molar-refractivity contribution in [1.82, 2.24) is 5.32 Å². The number of nitrogens with one attached hydrogen (secondary N) is 1. The molecule has 1 fully saturated rings. The van der Waals surface area contributed by atoms with Gasteiger partial charge in [-0.3, -0.25) is 0 Å². The Balaban J connectivity index is 2.02. The Kier molecular flexibility index (Phi) is 4.89. The van der Waals surface area contributed by atoms with Crippen LogP contribution in [-0.2, 0) is 0 Å². The molecule has 1 saturated heterocycles. The lowest BCUT2D eigenvalue weighted by Gasteiger charge is -2.34. The second-order valence-electron chi connectivity index (χ2n) is 4.67. The molecule has 1 aliphatic heterocycles. The van der Waals surface area contributed by atoms with E-state index in [1.165, 1.54) is 18.5 Å². The van der Waals surface area contributed by atoms with Gasteiger partial charge >= 0.3 is 0 Å². The summed E-state index contributed by atoms with van der Waals surface area (Å²) in [5.41, 5.74) is 1.25. The molecule has 18 heavy (non-hydrogen) atoms. The molecule has 1 aromatic rings. The van der Waals surface area contributed by atoms with Gasteiger partial charge in [-0.2, -0.15) is 0 Å². The Morgan fingerprint density at radius 3 is 2.67 bits per heavy atom. The van der Waals surface area contributed by atoms with E-state index in [1.54, 1.807) is 7.11 Å². The van der Waals surface area contributed by atoms with Crippen molar-refractivity contribution in [1.29, 1.82) is 0 Å². The van der Waals surface area contributed by atoms with E-state index < -0.39 is 0 Å². The molecule has 0 aromatic heterocycles. The van der Waals surface area contributed by atoms with E-state index in [-0.39, 0.29) is 0 Å². The van der Waals surface area contributed by atoms with Crippen LogP contribution in [0, 0.1) is 0 Å². The second kappa shape index (κ2) is 6.43. The zero-order chi connectivity index (χ0) is 13.0. The molecule has 0 bridgehead atoms. The molecule has 0 saturated carbocycles. The van der Waals surface area contributed by atoms with Crippen LogP contribution in [0.5, 0.6) is 5.75 Å². The number of hydrogen-bond donors (Lipinski definition) is 1. The summed E-state index contributed by atoms with van der Waals surface area (Å²) < 4.78 is 6.39. The van der Waals surface area contributed by atoms with Crippen LogP contribution in [0.4, 0.5) is 5.69 Å². The molecule has 0 atom stereocenters. The highest BCUT2D eigenvalue weighted by atomic mass is 79.9. The van der Waals surface area contributed by atoms with E-state index in [0.717, 1.165) is 29.9 Å². The summed E-state index contributed by atoms with van der Waals surface area (Å²) in [4.78, 5) is 2.43. The molecule has 1 aromatic carbocycles. The lowest BCUT2D eigenvalue weighted by atomic mass is 10.0. The first-order valence-electron chi connectivity index (χ1n) is 6.56. The van der Waals surface area contributed by atoms with Gasteiger partial charge in [0.05, 0.1) is 7.11 Å². The largest absolute Gasteiger partial charge is 0.497 e. The molecular weight excluding hydrogens is 292 g/mol. The maximum Gasteiger partial charge on any atom is 0.122 e. The highest BCUT2D eigenvalue weighted by Gasteiger charge is 2.19. The van der Waals surface area contributed by atoms with Gasteiger partial charge in [-0.05, 0) is 31.5 Å². The van der Waals surface area contributed by atoms with E-state index in [9.17, 15) is 0 Å². The maximum atomic E-state index is 5.32. The number of nitrogens with zero attached hydrogens (tertiary/aromatic N) is 1. The minimum Gasteiger partial charge on any atom is -0.497 e. The molecular formula is C14H21BrN2O. The highest BCUT2D eigenvalue weighted by molar-refractivity contribution is 9.10. The average Bonchev–Trinajstić information content (AvgIpc) is 2.39. The van der Waals surface area contributed by atoms with Crippen molar-refractivity contribution in [3.05, 3.63) is 22.7 Å². The fraction of sp³-hybridized carbons (Fsp3) is 0.571. The summed E-state index contributed by atoms with van der Waals surface area (Å²) in [6, 6.07) is 6.95. The molecule has 1 N–H and O–H groups in total. The summed E-state index contributed by atoms with van der Waals surface area (Å²) in [6.07, 6.45) is 2.42. The van der Waals surface area contributed by atoms with Crippen molar-refractivity contribution in [2.24, 2.45) is 0 Å². The van der Waals surface area contributed by atoms with Crippen molar-refractivity contribution in [3.63, 3.8) is 0 Å². The van der Waals surface area contributed by atoms with Gasteiger partial charge in [-0.1, -0.05) is 22.9 Å². The SMILES string of the molecule is CCNC1CCN(c2cc(Br)cc(OC)c2)CC1. The number of anilines is 1. The quantitative estimate of drug-likeness (QED) is 0.925. The van der Waals surface area contributed by atoms with Gasteiger partial charge in [0, 0.05) is 35.4 Å². The molecule has 2 rings (SSSR count). The van der Waals surface area contributed by atoms with Gasteiger partial charge < -0.3 is 15.0 Å². The molecule has 100 valence electrons. The minimum atomic E-state index is 0.681. The van der Waals surface area contributed by atoms with E-state index in [0.29, 0.717) is 6.04 Å². The van der Waals surface area contributed by atoms with Crippen LogP contribution < -0.4 is 15.0 Å². The predicted molar refractivity (Wildman–Crippen MR) is 79.6 cm³/mol. The number of piperidine rings is 1. The van der Waals surface area contributed by atoms with Crippen molar-refractivity contribution < 1.29 is 4.74 Å². The normalized spacial score (nSPS) is 16.9. The standard InChI is InChI=1S/C14H21BrN2O/c1-3-16-12-4-6-17(7-5-12)13-8-11(15)9-14(10-13)18-2/h8-10,12,16H,3-7H2,1-2H3. The number of rotatable bonds is 4. The van der Waals surface area contributed by atoms with Crippen LogP contribution in [0.1, 0.15) is 19.8 Å². The Morgan fingerprint density at radius 1 is 1.33 bits per heavy atom. The van der Waals surface area contributed by atoms with Gasteiger partial charge in [0.1, 0.15) is 5.75 Å². The second-order valence-corrected chi connectivity index (χ2v) is 5.58. The molecule has 0 unspecified atom stereocenters. The lowest BCUT2D eigenvalue weighted by Crippen LogP contribution is -2.42. The monoisotopic (exact) mass is 312 g/mol. The molecule has 0 spiro atoms. The van der Waals surface area contributed by atoms with Crippen molar-refractivity contribution >= 4 is 21.6 Å². The number of hydrogen-bond acceptors (Lipinski definition) is 3. The van der Waals surface area contributed by atoms with E-state index in [1.807, 2.05) is 6.07 Å². The van der Waals surface area contributed by atoms with Crippen LogP contribution in [0.25, 0.3) is 0 Å². The molecule has 3 nitrogen and oxygen atoms in total. The van der Waals surface area contributed by atoms with Crippen LogP contribution in [0.15, 0.2) is 22.7 Å². The number of methoxy groups -OCH3 is 1. The van der Waals surface area contributed by atoms with Crippen molar-refractivity contribution in [2.75, 3.05) is 31.6 Å². The minimum absolute atomic E-state index is 0.681.